The highest BCUT2D eigenvalue weighted by atomic mass is 19.1. The van der Waals surface area contributed by atoms with Gasteiger partial charge in [0, 0.05) is 31.8 Å². The van der Waals surface area contributed by atoms with Gasteiger partial charge in [0.25, 0.3) is 0 Å². The van der Waals surface area contributed by atoms with Gasteiger partial charge < -0.3 is 5.32 Å². The Morgan fingerprint density at radius 1 is 1.21 bits per heavy atom. The molecule has 1 amide bonds. The molecule has 0 saturated carbocycles. The van der Waals surface area contributed by atoms with Crippen LogP contribution in [0.2, 0.25) is 0 Å². The van der Waals surface area contributed by atoms with E-state index >= 15 is 0 Å². The third-order valence-electron chi connectivity index (χ3n) is 4.40. The van der Waals surface area contributed by atoms with E-state index in [2.05, 4.69) is 15.5 Å². The monoisotopic (exact) mass is 385 g/mol. The first kappa shape index (κ1) is 19.7. The molecule has 7 nitrogen and oxygen atoms in total. The molecule has 0 fully saturated rings. The lowest BCUT2D eigenvalue weighted by Crippen LogP contribution is -2.29. The highest BCUT2D eigenvalue weighted by Gasteiger charge is 2.16. The number of hydrogen-bond donors (Lipinski definition) is 1. The van der Waals surface area contributed by atoms with Crippen LogP contribution in [0.3, 0.4) is 0 Å². The zero-order valence-electron chi connectivity index (χ0n) is 16.2. The maximum Gasteiger partial charge on any atom is 0.300 e. The molecular formula is C20H24FN5O2. The van der Waals surface area contributed by atoms with Gasteiger partial charge in [0.2, 0.25) is 11.6 Å². The summed E-state index contributed by atoms with van der Waals surface area (Å²) in [6.07, 6.45) is 4.14. The Balaban J connectivity index is 1.78. The fourth-order valence-electron chi connectivity index (χ4n) is 2.99. The lowest BCUT2D eigenvalue weighted by atomic mass is 10.0. The third-order valence-corrected chi connectivity index (χ3v) is 4.40. The second-order valence-corrected chi connectivity index (χ2v) is 7.47. The summed E-state index contributed by atoms with van der Waals surface area (Å²) in [6, 6.07) is 5.80. The molecule has 0 radical (unpaired) electrons. The van der Waals surface area contributed by atoms with Gasteiger partial charge in [0.1, 0.15) is 11.6 Å². The molecule has 0 aliphatic carbocycles. The summed E-state index contributed by atoms with van der Waals surface area (Å²) in [5.41, 5.74) is 0.208. The van der Waals surface area contributed by atoms with Gasteiger partial charge in [-0.15, -0.1) is 10.2 Å². The van der Waals surface area contributed by atoms with E-state index in [0.29, 0.717) is 36.8 Å². The predicted molar refractivity (Wildman–Crippen MR) is 104 cm³/mol. The molecule has 0 bridgehead atoms. The molecule has 1 atom stereocenters. The van der Waals surface area contributed by atoms with Crippen molar-refractivity contribution in [1.82, 2.24) is 24.5 Å². The average molecular weight is 385 g/mol. The number of nitrogens with one attached hydrogen (secondary N) is 1. The van der Waals surface area contributed by atoms with Crippen molar-refractivity contribution in [3.8, 4) is 5.69 Å². The van der Waals surface area contributed by atoms with Gasteiger partial charge in [-0.3, -0.25) is 18.6 Å². The summed E-state index contributed by atoms with van der Waals surface area (Å²) in [5, 5.41) is 11.0. The molecule has 1 unspecified atom stereocenters. The first-order chi connectivity index (χ1) is 13.3. The number of fused-ring (bicyclic) bond motifs is 1. The van der Waals surface area contributed by atoms with Crippen molar-refractivity contribution < 1.29 is 9.18 Å². The molecule has 0 aliphatic rings. The second kappa shape index (κ2) is 8.33. The van der Waals surface area contributed by atoms with Crippen molar-refractivity contribution >= 4 is 11.6 Å². The Kier molecular flexibility index (Phi) is 5.87. The van der Waals surface area contributed by atoms with Gasteiger partial charge in [-0.1, -0.05) is 26.8 Å². The van der Waals surface area contributed by atoms with E-state index in [4.69, 9.17) is 0 Å². The van der Waals surface area contributed by atoms with Crippen LogP contribution in [0.25, 0.3) is 11.3 Å². The van der Waals surface area contributed by atoms with E-state index in [1.54, 1.807) is 28.9 Å². The van der Waals surface area contributed by atoms with Crippen LogP contribution in [0.4, 0.5) is 4.39 Å². The van der Waals surface area contributed by atoms with Crippen LogP contribution < -0.4 is 10.9 Å². The summed E-state index contributed by atoms with van der Waals surface area (Å²) in [5.74, 6) is 0.646. The lowest BCUT2D eigenvalue weighted by molar-refractivity contribution is -0.122. The lowest BCUT2D eigenvalue weighted by Gasteiger charge is -2.12. The minimum absolute atomic E-state index is 0.00322. The number of hydrogen-bond acceptors (Lipinski definition) is 4. The number of amides is 1. The smallest absolute Gasteiger partial charge is 0.300 e. The molecule has 0 spiro atoms. The van der Waals surface area contributed by atoms with Crippen LogP contribution in [0.15, 0.2) is 41.5 Å². The molecule has 0 saturated heterocycles. The molecule has 1 N–H and O–H groups in total. The minimum atomic E-state index is -0.420. The summed E-state index contributed by atoms with van der Waals surface area (Å²) < 4.78 is 16.4. The fourth-order valence-corrected chi connectivity index (χ4v) is 2.99. The number of rotatable bonds is 7. The van der Waals surface area contributed by atoms with Crippen molar-refractivity contribution in [1.29, 1.82) is 0 Å². The zero-order chi connectivity index (χ0) is 20.3. The molecule has 28 heavy (non-hydrogen) atoms. The van der Waals surface area contributed by atoms with E-state index in [9.17, 15) is 14.0 Å². The van der Waals surface area contributed by atoms with Crippen LogP contribution >= 0.6 is 0 Å². The van der Waals surface area contributed by atoms with Crippen LogP contribution in [0.5, 0.6) is 0 Å². The Labute approximate surface area is 162 Å². The quantitative estimate of drug-likeness (QED) is 0.677. The van der Waals surface area contributed by atoms with Gasteiger partial charge in [-0.2, -0.15) is 0 Å². The molecule has 1 aromatic carbocycles. The zero-order valence-corrected chi connectivity index (χ0v) is 16.2. The molecule has 148 valence electrons. The van der Waals surface area contributed by atoms with E-state index in [0.717, 1.165) is 0 Å². The number of nitrogens with zero attached hydrogens (tertiary/aromatic N) is 4. The van der Waals surface area contributed by atoms with Gasteiger partial charge in [0.15, 0.2) is 0 Å². The SMILES string of the molecule is CC(C)CNC(=O)CC(C)Cc1nnc2c(=O)n(-c3cccc(F)c3)ccn12. The standard InChI is InChI=1S/C20H24FN5O2/c1-13(2)12-22-18(27)10-14(3)9-17-23-24-19-20(28)25(7-8-26(17)19)16-6-4-5-15(21)11-16/h4-8,11,13-14H,9-10,12H2,1-3H3,(H,22,27). The topological polar surface area (TPSA) is 81.3 Å². The molecule has 3 aromatic rings. The third kappa shape index (κ3) is 4.44. The van der Waals surface area contributed by atoms with Gasteiger partial charge >= 0.3 is 5.56 Å². The van der Waals surface area contributed by atoms with E-state index in [-0.39, 0.29) is 23.0 Å². The summed E-state index contributed by atoms with van der Waals surface area (Å²) in [6.45, 7) is 6.70. The Morgan fingerprint density at radius 3 is 2.71 bits per heavy atom. The summed E-state index contributed by atoms with van der Waals surface area (Å²) in [7, 11) is 0. The number of carbonyl (C=O) groups excluding carboxylic acids is 1. The Bertz CT molecular complexity index is 1040. The maximum atomic E-state index is 13.5. The van der Waals surface area contributed by atoms with Crippen molar-refractivity contribution in [3.05, 3.63) is 58.7 Å². The van der Waals surface area contributed by atoms with Crippen LogP contribution in [-0.2, 0) is 11.2 Å². The van der Waals surface area contributed by atoms with Crippen LogP contribution in [0.1, 0.15) is 33.0 Å². The molecule has 8 heteroatoms. The van der Waals surface area contributed by atoms with E-state index in [1.807, 2.05) is 20.8 Å². The van der Waals surface area contributed by atoms with Gasteiger partial charge in [-0.05, 0) is 30.0 Å². The molecule has 0 aliphatic heterocycles. The Hall–Kier alpha value is -3.03. The molecular weight excluding hydrogens is 361 g/mol. The van der Waals surface area contributed by atoms with Crippen LogP contribution in [-0.4, -0.2) is 31.6 Å². The number of benzene rings is 1. The van der Waals surface area contributed by atoms with E-state index in [1.165, 1.54) is 16.7 Å². The van der Waals surface area contributed by atoms with Gasteiger partial charge in [-0.25, -0.2) is 4.39 Å². The molecule has 3 rings (SSSR count). The highest BCUT2D eigenvalue weighted by Crippen LogP contribution is 2.12. The first-order valence-electron chi connectivity index (χ1n) is 9.33. The maximum absolute atomic E-state index is 13.5. The summed E-state index contributed by atoms with van der Waals surface area (Å²) >= 11 is 0. The van der Waals surface area contributed by atoms with Crippen molar-refractivity contribution in [2.75, 3.05) is 6.54 Å². The highest BCUT2D eigenvalue weighted by molar-refractivity contribution is 5.76. The predicted octanol–water partition coefficient (Wildman–Crippen LogP) is 2.36. The van der Waals surface area contributed by atoms with E-state index < -0.39 is 5.82 Å². The number of halogens is 1. The average Bonchev–Trinajstić information content (AvgIpc) is 3.04. The second-order valence-electron chi connectivity index (χ2n) is 7.47. The first-order valence-corrected chi connectivity index (χ1v) is 9.33. The summed E-state index contributed by atoms with van der Waals surface area (Å²) in [4.78, 5) is 24.7. The minimum Gasteiger partial charge on any atom is -0.356 e. The van der Waals surface area contributed by atoms with Crippen molar-refractivity contribution in [3.63, 3.8) is 0 Å². The number of carbonyl (C=O) groups is 1. The fraction of sp³-hybridized carbons (Fsp3) is 0.400. The molecule has 2 aromatic heterocycles. The van der Waals surface area contributed by atoms with Crippen LogP contribution in [0, 0.1) is 17.7 Å². The normalized spacial score (nSPS) is 12.5. The molecule has 2 heterocycles. The number of aromatic nitrogens is 4. The largest absolute Gasteiger partial charge is 0.356 e. The van der Waals surface area contributed by atoms with Gasteiger partial charge in [0.05, 0.1) is 5.69 Å². The van der Waals surface area contributed by atoms with Crippen molar-refractivity contribution in [2.45, 2.75) is 33.6 Å². The van der Waals surface area contributed by atoms with Crippen molar-refractivity contribution in [2.24, 2.45) is 11.8 Å². The Morgan fingerprint density at radius 2 is 2.00 bits per heavy atom.